The van der Waals surface area contributed by atoms with Gasteiger partial charge < -0.3 is 18.3 Å². The van der Waals surface area contributed by atoms with Gasteiger partial charge in [-0.15, -0.1) is 0 Å². The first-order valence-electron chi connectivity index (χ1n) is 26.6. The minimum atomic E-state index is -0.638. The van der Waals surface area contributed by atoms with E-state index in [0.717, 1.165) is 51.9 Å². The van der Waals surface area contributed by atoms with Crippen LogP contribution >= 0.6 is 0 Å². The van der Waals surface area contributed by atoms with E-state index in [0.29, 0.717) is 5.92 Å². The van der Waals surface area contributed by atoms with E-state index in [1.807, 2.05) is 0 Å². The Morgan fingerprint density at radius 1 is 0.419 bits per heavy atom. The van der Waals surface area contributed by atoms with Crippen LogP contribution in [-0.2, 0) is 11.8 Å². The number of fused-ring (bicyclic) bond motifs is 25. The maximum Gasteiger partial charge on any atom is 0.159 e. The van der Waals surface area contributed by atoms with Crippen molar-refractivity contribution in [1.82, 2.24) is 9.13 Å². The van der Waals surface area contributed by atoms with Gasteiger partial charge in [-0.2, -0.15) is 0 Å². The molecule has 2 unspecified atom stereocenters. The van der Waals surface area contributed by atoms with Crippen LogP contribution in [0.5, 0.6) is 5.75 Å². The third kappa shape index (κ3) is 4.90. The fraction of sp³-hybridized carbons (Fsp3) is 0.114. The number of furan rings is 1. The topological polar surface area (TPSA) is 32.2 Å². The number of para-hydroxylation sites is 3. The summed E-state index contributed by atoms with van der Waals surface area (Å²) in [5, 5.41) is 12.2. The van der Waals surface area contributed by atoms with Gasteiger partial charge in [-0.1, -0.05) is 170 Å². The smallest absolute Gasteiger partial charge is 0.159 e. The molecule has 0 radical (unpaired) electrons. The molecule has 18 rings (SSSR count). The molecule has 4 aliphatic rings. The van der Waals surface area contributed by atoms with Gasteiger partial charge in [-0.3, -0.25) is 0 Å². The Labute approximate surface area is 426 Å². The van der Waals surface area contributed by atoms with Crippen LogP contribution in [0.2, 0.25) is 0 Å². The average molecular weight is 947 g/mol. The summed E-state index contributed by atoms with van der Waals surface area (Å²) in [6.45, 7) is 0. The molecule has 2 atom stereocenters. The third-order valence-corrected chi connectivity index (χ3v) is 18.2. The molecule has 0 N–H and O–H groups in total. The third-order valence-electron chi connectivity index (χ3n) is 18.2. The number of ether oxygens (including phenoxy) is 1. The van der Waals surface area contributed by atoms with Gasteiger partial charge in [0.2, 0.25) is 0 Å². The lowest BCUT2D eigenvalue weighted by Crippen LogP contribution is -2.34. The monoisotopic (exact) mass is 946 g/mol. The van der Waals surface area contributed by atoms with Gasteiger partial charge in [-0.25, -0.2) is 0 Å². The van der Waals surface area contributed by atoms with Crippen LogP contribution in [0, 0.1) is 0 Å². The van der Waals surface area contributed by atoms with Crippen molar-refractivity contribution >= 4 is 87.1 Å². The van der Waals surface area contributed by atoms with Crippen LogP contribution in [0.3, 0.4) is 0 Å². The maximum absolute atomic E-state index is 7.18. The van der Waals surface area contributed by atoms with Crippen LogP contribution in [0.1, 0.15) is 70.5 Å². The molecule has 0 bridgehead atoms. The van der Waals surface area contributed by atoms with Crippen molar-refractivity contribution in [2.75, 3.05) is 0 Å². The number of benzene rings is 11. The highest BCUT2D eigenvalue weighted by Gasteiger charge is 2.50. The molecule has 348 valence electrons. The van der Waals surface area contributed by atoms with Crippen molar-refractivity contribution in [2.24, 2.45) is 0 Å². The van der Waals surface area contributed by atoms with Crippen molar-refractivity contribution in [2.45, 2.75) is 49.5 Å². The molecule has 1 fully saturated rings. The second-order valence-electron chi connectivity index (χ2n) is 21.6. The maximum atomic E-state index is 7.18. The summed E-state index contributed by atoms with van der Waals surface area (Å²) in [5.41, 5.74) is 20.2. The van der Waals surface area contributed by atoms with E-state index in [1.165, 1.54) is 134 Å². The number of hydrogen-bond donors (Lipinski definition) is 0. The fourth-order valence-electron chi connectivity index (χ4n) is 15.2. The SMILES string of the molecule is c1ccc2c(c1)-c1ccccc1C21c2cc3c(cc2Cc2cc4c5ccc6ccccc6c5n(-c5cccc6c5oc5ccccc56)c4cc21)c1ccc2ccccc2c1n3-c1cccc2c1OC1CCCCC21. The summed E-state index contributed by atoms with van der Waals surface area (Å²) in [6.07, 6.45) is 5.80. The molecule has 1 spiro atoms. The molecule has 0 amide bonds. The Morgan fingerprint density at radius 3 is 1.66 bits per heavy atom. The number of nitrogens with zero attached hydrogens (tertiary/aromatic N) is 2. The van der Waals surface area contributed by atoms with Gasteiger partial charge >= 0.3 is 0 Å². The summed E-state index contributed by atoms with van der Waals surface area (Å²) in [7, 11) is 0. The molecule has 0 saturated heterocycles. The van der Waals surface area contributed by atoms with E-state index in [1.54, 1.807) is 0 Å². The van der Waals surface area contributed by atoms with Gasteiger partial charge in [0.1, 0.15) is 17.4 Å². The first-order valence-corrected chi connectivity index (χ1v) is 26.6. The molecule has 3 aliphatic carbocycles. The molecule has 1 saturated carbocycles. The Morgan fingerprint density at radius 2 is 0.973 bits per heavy atom. The van der Waals surface area contributed by atoms with Crippen LogP contribution < -0.4 is 4.74 Å². The Balaban J connectivity index is 0.998. The van der Waals surface area contributed by atoms with Crippen LogP contribution in [-0.4, -0.2) is 15.2 Å². The molecule has 11 aromatic carbocycles. The Kier molecular flexibility index (Phi) is 7.63. The normalized spacial score (nSPS) is 17.1. The largest absolute Gasteiger partial charge is 0.487 e. The molecule has 3 aromatic heterocycles. The molecular formula is C70H46N2O2. The standard InChI is InChI=1S/C70H46N2O2/c1-3-17-44-40(15-1)31-33-50-54-36-42-35-43-37-55-51-34-32-41-16-2-4-18-45(41)67(51)72(61-28-14-24-53-49-22-8-12-30-65(49)74-69(53)61)63(55)39-59(43)70(56-25-9-5-19-46(56)47-20-6-10-26-57(47)70)58(42)38-62(54)71(66(44)50)60-27-13-23-52-48-21-7-11-29-64(48)73-68(52)60/h1-7,9-11,13-21,23-29,31-34,36-39,49,65H,8,12,22,30,35H2. The molecule has 1 aliphatic heterocycles. The van der Waals surface area contributed by atoms with E-state index in [2.05, 4.69) is 215 Å². The van der Waals surface area contributed by atoms with E-state index in [9.17, 15) is 0 Å². The summed E-state index contributed by atoms with van der Waals surface area (Å²) < 4.78 is 19.2. The first-order chi connectivity index (χ1) is 36.7. The highest BCUT2D eigenvalue weighted by atomic mass is 16.5. The van der Waals surface area contributed by atoms with Crippen molar-refractivity contribution in [3.63, 3.8) is 0 Å². The highest BCUT2D eigenvalue weighted by molar-refractivity contribution is 6.21. The minimum absolute atomic E-state index is 0.230. The fourth-order valence-corrected chi connectivity index (χ4v) is 15.2. The van der Waals surface area contributed by atoms with E-state index < -0.39 is 5.41 Å². The molecule has 14 aromatic rings. The highest BCUT2D eigenvalue weighted by Crippen LogP contribution is 2.61. The molecule has 4 nitrogen and oxygen atoms in total. The predicted molar refractivity (Wildman–Crippen MR) is 303 cm³/mol. The number of hydrogen-bond acceptors (Lipinski definition) is 2. The lowest BCUT2D eigenvalue weighted by atomic mass is 9.61. The Hall–Kier alpha value is -8.86. The van der Waals surface area contributed by atoms with Crippen LogP contribution in [0.25, 0.3) is 110 Å². The molecule has 74 heavy (non-hydrogen) atoms. The zero-order valence-corrected chi connectivity index (χ0v) is 40.5. The second kappa shape index (κ2) is 14.2. The lowest BCUT2D eigenvalue weighted by Gasteiger charge is -2.40. The van der Waals surface area contributed by atoms with Crippen LogP contribution in [0.15, 0.2) is 211 Å². The number of rotatable bonds is 2. The van der Waals surface area contributed by atoms with Crippen LogP contribution in [0.4, 0.5) is 0 Å². The van der Waals surface area contributed by atoms with Gasteiger partial charge in [0, 0.05) is 54.6 Å². The van der Waals surface area contributed by atoms with Crippen molar-refractivity contribution in [1.29, 1.82) is 0 Å². The van der Waals surface area contributed by atoms with Crippen molar-refractivity contribution < 1.29 is 9.15 Å². The van der Waals surface area contributed by atoms with Gasteiger partial charge in [-0.05, 0) is 123 Å². The summed E-state index contributed by atoms with van der Waals surface area (Å²) >= 11 is 0. The molecule has 4 heteroatoms. The summed E-state index contributed by atoms with van der Waals surface area (Å²) in [6, 6.07) is 78.1. The predicted octanol–water partition coefficient (Wildman–Crippen LogP) is 17.8. The van der Waals surface area contributed by atoms with E-state index >= 15 is 0 Å². The first kappa shape index (κ1) is 39.7. The zero-order valence-electron chi connectivity index (χ0n) is 40.5. The van der Waals surface area contributed by atoms with E-state index in [-0.39, 0.29) is 6.10 Å². The van der Waals surface area contributed by atoms with Gasteiger partial charge in [0.15, 0.2) is 5.58 Å². The minimum Gasteiger partial charge on any atom is -0.487 e. The van der Waals surface area contributed by atoms with Crippen molar-refractivity contribution in [3.8, 4) is 28.3 Å². The lowest BCUT2D eigenvalue weighted by molar-refractivity contribution is 0.164. The number of aromatic nitrogens is 2. The van der Waals surface area contributed by atoms with Gasteiger partial charge in [0.25, 0.3) is 0 Å². The molecular weight excluding hydrogens is 901 g/mol. The quantitative estimate of drug-likeness (QED) is 0.173. The van der Waals surface area contributed by atoms with E-state index in [4.69, 9.17) is 9.15 Å². The summed E-state index contributed by atoms with van der Waals surface area (Å²) in [4.78, 5) is 0. The zero-order chi connectivity index (χ0) is 48.0. The van der Waals surface area contributed by atoms with Crippen molar-refractivity contribution in [3.05, 3.63) is 245 Å². The summed E-state index contributed by atoms with van der Waals surface area (Å²) in [5.74, 6) is 1.50. The Bertz CT molecular complexity index is 4780. The molecule has 4 heterocycles. The average Bonchev–Trinajstić information content (AvgIpc) is 4.28. The second-order valence-corrected chi connectivity index (χ2v) is 21.6. The van der Waals surface area contributed by atoms with Gasteiger partial charge in [0.05, 0.1) is 38.9 Å².